The number of rotatable bonds is 5. The number of thiazole rings is 1. The van der Waals surface area contributed by atoms with E-state index < -0.39 is 5.76 Å². The van der Waals surface area contributed by atoms with E-state index >= 15 is 0 Å². The van der Waals surface area contributed by atoms with Crippen LogP contribution in [0.25, 0.3) is 28.4 Å². The molecule has 0 fully saturated rings. The van der Waals surface area contributed by atoms with Crippen molar-refractivity contribution >= 4 is 39.6 Å². The van der Waals surface area contributed by atoms with E-state index in [2.05, 4.69) is 15.3 Å². The Labute approximate surface area is 176 Å². The van der Waals surface area contributed by atoms with Crippen LogP contribution in [0.4, 0.5) is 5.13 Å². The first-order chi connectivity index (χ1) is 14.4. The summed E-state index contributed by atoms with van der Waals surface area (Å²) in [6, 6.07) is 9.20. The second-order valence-corrected chi connectivity index (χ2v) is 7.62. The molecular formula is C22H19N3O4S. The minimum Gasteiger partial charge on any atom is -0.497 e. The van der Waals surface area contributed by atoms with Crippen molar-refractivity contribution in [2.24, 2.45) is 0 Å². The van der Waals surface area contributed by atoms with Gasteiger partial charge in [0.15, 0.2) is 10.7 Å². The molecule has 8 heteroatoms. The van der Waals surface area contributed by atoms with Gasteiger partial charge in [-0.3, -0.25) is 15.1 Å². The standard InChI is InChI=1S/C22H19N3O4S/c1-12-8-15(28-3)9-13(2)16(12)5-7-20(26)25-21-23-18(11-30-21)14-4-6-17-19(10-14)29-22(27)24-17/h4-11H,1-3H3,(H,24,27)(H,23,25,26)/b7-5+. The minimum absolute atomic E-state index is 0.266. The molecule has 1 amide bonds. The van der Waals surface area contributed by atoms with Crippen molar-refractivity contribution in [1.29, 1.82) is 0 Å². The van der Waals surface area contributed by atoms with Gasteiger partial charge in [0.25, 0.3) is 0 Å². The van der Waals surface area contributed by atoms with Crippen molar-refractivity contribution in [1.82, 2.24) is 9.97 Å². The van der Waals surface area contributed by atoms with Crippen molar-refractivity contribution < 1.29 is 13.9 Å². The molecule has 30 heavy (non-hydrogen) atoms. The Hall–Kier alpha value is -3.65. The Morgan fingerprint density at radius 1 is 1.23 bits per heavy atom. The lowest BCUT2D eigenvalue weighted by molar-refractivity contribution is -0.111. The highest BCUT2D eigenvalue weighted by molar-refractivity contribution is 7.14. The third kappa shape index (κ3) is 4.04. The summed E-state index contributed by atoms with van der Waals surface area (Å²) in [7, 11) is 1.63. The van der Waals surface area contributed by atoms with Crippen LogP contribution < -0.4 is 15.8 Å². The predicted molar refractivity (Wildman–Crippen MR) is 118 cm³/mol. The number of amides is 1. The monoisotopic (exact) mass is 421 g/mol. The van der Waals surface area contributed by atoms with Gasteiger partial charge in [-0.1, -0.05) is 6.07 Å². The van der Waals surface area contributed by atoms with E-state index in [9.17, 15) is 9.59 Å². The number of carbonyl (C=O) groups excluding carboxylic acids is 1. The highest BCUT2D eigenvalue weighted by Gasteiger charge is 2.10. The lowest BCUT2D eigenvalue weighted by Gasteiger charge is -2.08. The molecule has 0 saturated heterocycles. The number of nitrogens with one attached hydrogen (secondary N) is 2. The second kappa shape index (κ2) is 8.00. The molecule has 0 aliphatic heterocycles. The maximum atomic E-state index is 12.3. The van der Waals surface area contributed by atoms with Gasteiger partial charge in [-0.15, -0.1) is 11.3 Å². The van der Waals surface area contributed by atoms with Gasteiger partial charge in [-0.25, -0.2) is 9.78 Å². The molecule has 0 spiro atoms. The van der Waals surface area contributed by atoms with E-state index in [1.54, 1.807) is 25.3 Å². The first-order valence-electron chi connectivity index (χ1n) is 9.16. The second-order valence-electron chi connectivity index (χ2n) is 6.76. The highest BCUT2D eigenvalue weighted by Crippen LogP contribution is 2.27. The molecule has 0 aliphatic carbocycles. The van der Waals surface area contributed by atoms with Crippen molar-refractivity contribution in [3.05, 3.63) is 69.0 Å². The van der Waals surface area contributed by atoms with Crippen molar-refractivity contribution in [2.45, 2.75) is 13.8 Å². The number of methoxy groups -OCH3 is 1. The van der Waals surface area contributed by atoms with E-state index in [4.69, 9.17) is 9.15 Å². The predicted octanol–water partition coefficient (Wildman–Crippen LogP) is 4.52. The summed E-state index contributed by atoms with van der Waals surface area (Å²) in [4.78, 5) is 30.7. The van der Waals surface area contributed by atoms with Crippen LogP contribution in [-0.4, -0.2) is 23.0 Å². The first-order valence-corrected chi connectivity index (χ1v) is 10.0. The molecule has 0 atom stereocenters. The zero-order valence-electron chi connectivity index (χ0n) is 16.6. The fourth-order valence-electron chi connectivity index (χ4n) is 3.19. The average Bonchev–Trinajstić information content (AvgIpc) is 3.31. The van der Waals surface area contributed by atoms with Gasteiger partial charge in [0.2, 0.25) is 5.91 Å². The number of oxazole rings is 1. The summed E-state index contributed by atoms with van der Waals surface area (Å²) < 4.78 is 10.4. The summed E-state index contributed by atoms with van der Waals surface area (Å²) in [6.45, 7) is 3.95. The van der Waals surface area contributed by atoms with Crippen molar-refractivity contribution in [2.75, 3.05) is 12.4 Å². The van der Waals surface area contributed by atoms with Gasteiger partial charge in [0.05, 0.1) is 18.3 Å². The van der Waals surface area contributed by atoms with E-state index in [1.807, 2.05) is 37.4 Å². The Morgan fingerprint density at radius 3 is 2.73 bits per heavy atom. The van der Waals surface area contributed by atoms with Crippen LogP contribution in [0.3, 0.4) is 0 Å². The molecule has 0 bridgehead atoms. The van der Waals surface area contributed by atoms with Gasteiger partial charge >= 0.3 is 5.76 Å². The highest BCUT2D eigenvalue weighted by atomic mass is 32.1. The number of anilines is 1. The van der Waals surface area contributed by atoms with E-state index in [-0.39, 0.29) is 5.91 Å². The van der Waals surface area contributed by atoms with Gasteiger partial charge in [0, 0.05) is 17.0 Å². The average molecular weight is 421 g/mol. The number of hydrogen-bond acceptors (Lipinski definition) is 6. The Bertz CT molecular complexity index is 1310. The van der Waals surface area contributed by atoms with Crippen LogP contribution in [0.2, 0.25) is 0 Å². The minimum atomic E-state index is -0.498. The summed E-state index contributed by atoms with van der Waals surface area (Å²) >= 11 is 1.32. The SMILES string of the molecule is COc1cc(C)c(/C=C/C(=O)Nc2nc(-c3ccc4[nH]c(=O)oc4c3)cs2)c(C)c1. The van der Waals surface area contributed by atoms with E-state index in [0.29, 0.717) is 21.9 Å². The van der Waals surface area contributed by atoms with Crippen LogP contribution in [0.15, 0.2) is 51.0 Å². The molecule has 0 radical (unpaired) electrons. The van der Waals surface area contributed by atoms with Crippen molar-refractivity contribution in [3.8, 4) is 17.0 Å². The summed E-state index contributed by atoms with van der Waals surface area (Å²) in [5.74, 6) is 0.0270. The molecule has 2 aromatic carbocycles. The molecule has 152 valence electrons. The number of ether oxygens (including phenoxy) is 1. The molecule has 2 heterocycles. The first kappa shape index (κ1) is 19.7. The zero-order valence-corrected chi connectivity index (χ0v) is 17.4. The summed E-state index contributed by atoms with van der Waals surface area (Å²) in [6.07, 6.45) is 3.28. The van der Waals surface area contributed by atoms with Gasteiger partial charge in [0.1, 0.15) is 5.75 Å². The smallest absolute Gasteiger partial charge is 0.417 e. The number of carbonyl (C=O) groups is 1. The van der Waals surface area contributed by atoms with Crippen LogP contribution in [0.1, 0.15) is 16.7 Å². The van der Waals surface area contributed by atoms with Crippen LogP contribution in [0.5, 0.6) is 5.75 Å². The Balaban J connectivity index is 1.48. The lowest BCUT2D eigenvalue weighted by atomic mass is 10.0. The number of aryl methyl sites for hydroxylation is 2. The maximum Gasteiger partial charge on any atom is 0.417 e. The fourth-order valence-corrected chi connectivity index (χ4v) is 3.91. The van der Waals surface area contributed by atoms with Crippen LogP contribution >= 0.6 is 11.3 Å². The van der Waals surface area contributed by atoms with Crippen LogP contribution in [-0.2, 0) is 4.79 Å². The molecule has 0 aliphatic rings. The maximum absolute atomic E-state index is 12.3. The molecule has 0 saturated carbocycles. The molecule has 4 aromatic rings. The topological polar surface area (TPSA) is 97.2 Å². The number of fused-ring (bicyclic) bond motifs is 1. The zero-order chi connectivity index (χ0) is 21.3. The Kier molecular flexibility index (Phi) is 5.24. The lowest BCUT2D eigenvalue weighted by Crippen LogP contribution is -2.07. The van der Waals surface area contributed by atoms with E-state index in [0.717, 1.165) is 28.0 Å². The Morgan fingerprint density at radius 2 is 2.00 bits per heavy atom. The number of aromatic nitrogens is 2. The summed E-state index contributed by atoms with van der Waals surface area (Å²) in [5, 5.41) is 5.10. The molecule has 4 rings (SSSR count). The molecule has 2 N–H and O–H groups in total. The van der Waals surface area contributed by atoms with Crippen molar-refractivity contribution in [3.63, 3.8) is 0 Å². The summed E-state index contributed by atoms with van der Waals surface area (Å²) in [5.41, 5.74) is 5.60. The third-order valence-electron chi connectivity index (χ3n) is 4.66. The van der Waals surface area contributed by atoms with Crippen LogP contribution in [0, 0.1) is 13.8 Å². The quantitative estimate of drug-likeness (QED) is 0.462. The normalized spacial score (nSPS) is 11.3. The molecule has 0 unspecified atom stereocenters. The largest absolute Gasteiger partial charge is 0.497 e. The number of nitrogens with zero attached hydrogens (tertiary/aromatic N) is 1. The number of hydrogen-bond donors (Lipinski definition) is 2. The number of H-pyrrole nitrogens is 1. The molecule has 2 aromatic heterocycles. The molecular weight excluding hydrogens is 402 g/mol. The van der Waals surface area contributed by atoms with Gasteiger partial charge < -0.3 is 9.15 Å². The van der Waals surface area contributed by atoms with Gasteiger partial charge in [-0.05, 0) is 60.9 Å². The van der Waals surface area contributed by atoms with Gasteiger partial charge in [-0.2, -0.15) is 0 Å². The molecule has 7 nitrogen and oxygen atoms in total. The number of aromatic amines is 1. The third-order valence-corrected chi connectivity index (χ3v) is 5.41. The fraction of sp³-hybridized carbons (Fsp3) is 0.136. The van der Waals surface area contributed by atoms with E-state index in [1.165, 1.54) is 17.4 Å². The number of benzene rings is 2.